The minimum Gasteiger partial charge on any atom is -0.493 e. The molecule has 0 amide bonds. The molecule has 3 aromatic rings. The third-order valence-electron chi connectivity index (χ3n) is 5.08. The zero-order chi connectivity index (χ0) is 20.9. The topological polar surface area (TPSA) is 68.2 Å². The minimum atomic E-state index is 0.644. The molecule has 1 N–H and O–H groups in total. The Bertz CT molecular complexity index is 1060. The minimum absolute atomic E-state index is 0.644. The first-order valence-corrected chi connectivity index (χ1v) is 9.93. The third kappa shape index (κ3) is 4.31. The van der Waals surface area contributed by atoms with E-state index in [0.717, 1.165) is 41.1 Å². The molecule has 0 radical (unpaired) electrons. The van der Waals surface area contributed by atoms with Crippen LogP contribution in [0.5, 0.6) is 11.5 Å². The Morgan fingerprint density at radius 2 is 1.83 bits per heavy atom. The number of fused-ring (bicyclic) bond motifs is 1. The van der Waals surface area contributed by atoms with E-state index in [0.29, 0.717) is 24.7 Å². The predicted octanol–water partition coefficient (Wildman–Crippen LogP) is 3.84. The largest absolute Gasteiger partial charge is 0.493 e. The number of methoxy groups -OCH3 is 2. The Morgan fingerprint density at radius 1 is 1.07 bits per heavy atom. The molecule has 0 aliphatic carbocycles. The Morgan fingerprint density at radius 3 is 2.57 bits per heavy atom. The van der Waals surface area contributed by atoms with Crippen molar-refractivity contribution in [1.82, 2.24) is 4.98 Å². The summed E-state index contributed by atoms with van der Waals surface area (Å²) >= 11 is 0. The van der Waals surface area contributed by atoms with Crippen LogP contribution in [0.1, 0.15) is 11.1 Å². The SMILES string of the molecule is COc1cc2nc(N3CCOCC3)cc(N/N=C/c3cccc(C)c3)c2cc1OC. The fraction of sp³-hybridized carbons (Fsp3) is 0.304. The van der Waals surface area contributed by atoms with Gasteiger partial charge in [-0.15, -0.1) is 0 Å². The first kappa shape index (κ1) is 20.0. The Labute approximate surface area is 176 Å². The van der Waals surface area contributed by atoms with E-state index < -0.39 is 0 Å². The molecule has 30 heavy (non-hydrogen) atoms. The lowest BCUT2D eigenvalue weighted by Crippen LogP contribution is -2.36. The average molecular weight is 406 g/mol. The van der Waals surface area contributed by atoms with Gasteiger partial charge in [-0.25, -0.2) is 4.98 Å². The highest BCUT2D eigenvalue weighted by Gasteiger charge is 2.17. The van der Waals surface area contributed by atoms with Gasteiger partial charge in [0.25, 0.3) is 0 Å². The number of hydrogen-bond donors (Lipinski definition) is 1. The van der Waals surface area contributed by atoms with Crippen LogP contribution >= 0.6 is 0 Å². The van der Waals surface area contributed by atoms with Crippen LogP contribution < -0.4 is 19.8 Å². The van der Waals surface area contributed by atoms with Gasteiger partial charge in [0, 0.05) is 30.6 Å². The van der Waals surface area contributed by atoms with Gasteiger partial charge in [0.1, 0.15) is 5.82 Å². The van der Waals surface area contributed by atoms with Gasteiger partial charge in [-0.1, -0.05) is 29.8 Å². The number of nitrogens with one attached hydrogen (secondary N) is 1. The molecular formula is C23H26N4O3. The summed E-state index contributed by atoms with van der Waals surface area (Å²) in [5, 5.41) is 5.38. The summed E-state index contributed by atoms with van der Waals surface area (Å²) in [7, 11) is 3.25. The van der Waals surface area contributed by atoms with E-state index in [2.05, 4.69) is 34.5 Å². The van der Waals surface area contributed by atoms with Crippen LogP contribution in [0.4, 0.5) is 11.5 Å². The monoisotopic (exact) mass is 406 g/mol. The van der Waals surface area contributed by atoms with Crippen molar-refractivity contribution in [3.05, 3.63) is 53.6 Å². The first-order chi connectivity index (χ1) is 14.7. The highest BCUT2D eigenvalue weighted by molar-refractivity contribution is 5.95. The van der Waals surface area contributed by atoms with Gasteiger partial charge in [0.2, 0.25) is 0 Å². The predicted molar refractivity (Wildman–Crippen MR) is 120 cm³/mol. The molecule has 4 rings (SSSR count). The van der Waals surface area contributed by atoms with Crippen molar-refractivity contribution in [2.24, 2.45) is 5.10 Å². The van der Waals surface area contributed by atoms with Crippen molar-refractivity contribution < 1.29 is 14.2 Å². The highest BCUT2D eigenvalue weighted by atomic mass is 16.5. The van der Waals surface area contributed by atoms with Crippen LogP contribution in [-0.4, -0.2) is 51.7 Å². The second-order valence-corrected chi connectivity index (χ2v) is 7.14. The molecule has 0 bridgehead atoms. The van der Waals surface area contributed by atoms with Crippen LogP contribution in [0.25, 0.3) is 10.9 Å². The van der Waals surface area contributed by atoms with Crippen molar-refractivity contribution in [2.75, 3.05) is 50.8 Å². The first-order valence-electron chi connectivity index (χ1n) is 9.93. The van der Waals surface area contributed by atoms with Gasteiger partial charge in [-0.3, -0.25) is 5.43 Å². The normalized spacial score (nSPS) is 14.3. The maximum Gasteiger partial charge on any atom is 0.162 e. The molecule has 0 saturated carbocycles. The Kier molecular flexibility index (Phi) is 5.99. The van der Waals surface area contributed by atoms with Gasteiger partial charge in [0.05, 0.1) is 44.9 Å². The summed E-state index contributed by atoms with van der Waals surface area (Å²) in [6.07, 6.45) is 1.81. The van der Waals surface area contributed by atoms with E-state index in [-0.39, 0.29) is 0 Å². The number of pyridine rings is 1. The van der Waals surface area contributed by atoms with Crippen LogP contribution in [0.15, 0.2) is 47.6 Å². The lowest BCUT2D eigenvalue weighted by Gasteiger charge is -2.28. The van der Waals surface area contributed by atoms with Crippen molar-refractivity contribution in [1.29, 1.82) is 0 Å². The Balaban J connectivity index is 1.74. The van der Waals surface area contributed by atoms with Crippen molar-refractivity contribution in [3.8, 4) is 11.5 Å². The second kappa shape index (κ2) is 9.00. The van der Waals surface area contributed by atoms with Gasteiger partial charge in [-0.2, -0.15) is 5.10 Å². The molecule has 1 saturated heterocycles. The van der Waals surface area contributed by atoms with Gasteiger partial charge in [0.15, 0.2) is 11.5 Å². The molecule has 0 spiro atoms. The number of ether oxygens (including phenoxy) is 3. The van der Waals surface area contributed by atoms with Gasteiger partial charge in [-0.05, 0) is 18.6 Å². The zero-order valence-corrected chi connectivity index (χ0v) is 17.5. The second-order valence-electron chi connectivity index (χ2n) is 7.14. The van der Waals surface area contributed by atoms with E-state index in [1.165, 1.54) is 5.56 Å². The number of rotatable bonds is 6. The lowest BCUT2D eigenvalue weighted by atomic mass is 10.1. The van der Waals surface area contributed by atoms with E-state index in [9.17, 15) is 0 Å². The fourth-order valence-electron chi connectivity index (χ4n) is 3.51. The molecule has 1 fully saturated rings. The summed E-state index contributed by atoms with van der Waals surface area (Å²) < 4.78 is 16.4. The molecule has 0 unspecified atom stereocenters. The van der Waals surface area contributed by atoms with Crippen LogP contribution in [0, 0.1) is 6.92 Å². The molecule has 156 valence electrons. The number of anilines is 2. The number of hydrazone groups is 1. The summed E-state index contributed by atoms with van der Waals surface area (Å²) in [5.74, 6) is 2.17. The van der Waals surface area contributed by atoms with Crippen molar-refractivity contribution in [3.63, 3.8) is 0 Å². The molecule has 0 atom stereocenters. The standard InChI is InChI=1S/C23H26N4O3/c1-16-5-4-6-17(11-16)15-24-26-20-14-23(27-7-9-30-10-8-27)25-19-13-22(29-3)21(28-2)12-18(19)20/h4-6,11-15H,7-10H2,1-3H3,(H,25,26)/b24-15+. The fourth-order valence-corrected chi connectivity index (χ4v) is 3.51. The summed E-state index contributed by atoms with van der Waals surface area (Å²) in [4.78, 5) is 7.08. The lowest BCUT2D eigenvalue weighted by molar-refractivity contribution is 0.122. The van der Waals surface area contributed by atoms with E-state index in [1.807, 2.05) is 36.5 Å². The highest BCUT2D eigenvalue weighted by Crippen LogP contribution is 2.36. The number of aromatic nitrogens is 1. The molecular weight excluding hydrogens is 380 g/mol. The maximum atomic E-state index is 5.49. The van der Waals surface area contributed by atoms with Crippen molar-refractivity contribution >= 4 is 28.6 Å². The maximum absolute atomic E-state index is 5.49. The molecule has 7 nitrogen and oxygen atoms in total. The number of aryl methyl sites for hydroxylation is 1. The average Bonchev–Trinajstić information content (AvgIpc) is 2.78. The van der Waals surface area contributed by atoms with Crippen LogP contribution in [0.3, 0.4) is 0 Å². The van der Waals surface area contributed by atoms with Crippen LogP contribution in [0.2, 0.25) is 0 Å². The third-order valence-corrected chi connectivity index (χ3v) is 5.08. The van der Waals surface area contributed by atoms with Gasteiger partial charge < -0.3 is 19.1 Å². The number of benzene rings is 2. The molecule has 7 heteroatoms. The number of hydrogen-bond acceptors (Lipinski definition) is 7. The van der Waals surface area contributed by atoms with E-state index in [1.54, 1.807) is 14.2 Å². The number of nitrogens with zero attached hydrogens (tertiary/aromatic N) is 3. The summed E-state index contributed by atoms with van der Waals surface area (Å²) in [5.41, 5.74) is 7.09. The van der Waals surface area contributed by atoms with Gasteiger partial charge >= 0.3 is 0 Å². The van der Waals surface area contributed by atoms with E-state index in [4.69, 9.17) is 19.2 Å². The molecule has 2 aromatic carbocycles. The quantitative estimate of drug-likeness (QED) is 0.496. The number of morpholine rings is 1. The molecule has 1 aliphatic rings. The van der Waals surface area contributed by atoms with Crippen molar-refractivity contribution in [2.45, 2.75) is 6.92 Å². The molecule has 1 aromatic heterocycles. The van der Waals surface area contributed by atoms with Crippen LogP contribution in [-0.2, 0) is 4.74 Å². The van der Waals surface area contributed by atoms with E-state index >= 15 is 0 Å². The zero-order valence-electron chi connectivity index (χ0n) is 17.5. The summed E-state index contributed by atoms with van der Waals surface area (Å²) in [6.45, 7) is 5.06. The molecule has 1 aliphatic heterocycles. The Hall–Kier alpha value is -3.32. The molecule has 2 heterocycles. The summed E-state index contributed by atoms with van der Waals surface area (Å²) in [6, 6.07) is 14.0. The smallest absolute Gasteiger partial charge is 0.162 e.